The maximum Gasteiger partial charge on any atom is 0.349 e. The average molecular weight is 358 g/mol. The summed E-state index contributed by atoms with van der Waals surface area (Å²) in [5.74, 6) is -0.932. The van der Waals surface area contributed by atoms with Crippen molar-refractivity contribution in [2.45, 2.75) is 12.6 Å². The predicted octanol–water partition coefficient (Wildman–Crippen LogP) is 3.42. The first-order valence-corrected chi connectivity index (χ1v) is 8.95. The molecule has 1 N–H and O–H groups in total. The zero-order valence-corrected chi connectivity index (χ0v) is 14.2. The molecule has 7 heteroatoms. The van der Waals surface area contributed by atoms with Crippen molar-refractivity contribution in [3.63, 3.8) is 0 Å². The van der Waals surface area contributed by atoms with Crippen LogP contribution in [0.2, 0.25) is 0 Å². The number of carbonyl (C=O) groups is 2. The van der Waals surface area contributed by atoms with Crippen molar-refractivity contribution >= 4 is 34.6 Å². The van der Waals surface area contributed by atoms with Crippen LogP contribution in [0, 0.1) is 0 Å². The van der Waals surface area contributed by atoms with Gasteiger partial charge in [0, 0.05) is 11.1 Å². The number of ether oxygens (including phenoxy) is 1. The summed E-state index contributed by atoms with van der Waals surface area (Å²) in [7, 11) is 0. The molecule has 24 heavy (non-hydrogen) atoms. The minimum absolute atomic E-state index is 0.385. The van der Waals surface area contributed by atoms with Gasteiger partial charge in [-0.3, -0.25) is 9.78 Å². The highest BCUT2D eigenvalue weighted by Crippen LogP contribution is 2.20. The van der Waals surface area contributed by atoms with Crippen LogP contribution < -0.4 is 5.32 Å². The Kier molecular flexibility index (Phi) is 5.35. The predicted molar refractivity (Wildman–Crippen MR) is 92.9 cm³/mol. The van der Waals surface area contributed by atoms with Crippen molar-refractivity contribution in [1.29, 1.82) is 0 Å². The molecule has 0 spiro atoms. The second kappa shape index (κ2) is 7.85. The molecule has 0 unspecified atom stereocenters. The van der Waals surface area contributed by atoms with E-state index >= 15 is 0 Å². The van der Waals surface area contributed by atoms with Crippen LogP contribution in [0.5, 0.6) is 0 Å². The van der Waals surface area contributed by atoms with Crippen LogP contribution >= 0.6 is 22.7 Å². The highest BCUT2D eigenvalue weighted by atomic mass is 32.1. The van der Waals surface area contributed by atoms with Crippen LogP contribution in [-0.4, -0.2) is 16.9 Å². The number of esters is 1. The molecular formula is C17H14N2O3S2. The fraction of sp³-hybridized carbons (Fsp3) is 0.118. The third-order valence-electron chi connectivity index (χ3n) is 3.16. The van der Waals surface area contributed by atoms with E-state index in [9.17, 15) is 9.59 Å². The molecule has 1 atom stereocenters. The lowest BCUT2D eigenvalue weighted by molar-refractivity contribution is -0.130. The summed E-state index contributed by atoms with van der Waals surface area (Å²) < 4.78 is 5.41. The molecule has 0 fully saturated rings. The number of hydrogen-bond donors (Lipinski definition) is 1. The number of amides is 1. The number of pyridine rings is 1. The van der Waals surface area contributed by atoms with Crippen LogP contribution in [-0.2, 0) is 16.1 Å². The van der Waals surface area contributed by atoms with Crippen molar-refractivity contribution in [1.82, 2.24) is 10.3 Å². The molecule has 0 aromatic carbocycles. The van der Waals surface area contributed by atoms with Gasteiger partial charge in [0.05, 0.1) is 12.2 Å². The van der Waals surface area contributed by atoms with Crippen LogP contribution in [0.4, 0.5) is 0 Å². The van der Waals surface area contributed by atoms with Gasteiger partial charge in [0.25, 0.3) is 5.91 Å². The summed E-state index contributed by atoms with van der Waals surface area (Å²) in [6, 6.07) is 12.4. The standard InChI is InChI=1S/C17H14N2O3S2/c20-16(19-11-12-5-3-9-23-12)15(13-6-1-2-8-18-13)22-17(21)14-7-4-10-24-14/h1-10,15H,11H2,(H,19,20)/t15-/m1/s1. The Morgan fingerprint density at radius 2 is 1.92 bits per heavy atom. The molecule has 0 saturated heterocycles. The Balaban J connectivity index is 1.74. The van der Waals surface area contributed by atoms with Gasteiger partial charge in [-0.05, 0) is 35.0 Å². The van der Waals surface area contributed by atoms with Crippen LogP contribution in [0.3, 0.4) is 0 Å². The SMILES string of the molecule is O=C(O[C@@H](C(=O)NCc1cccs1)c1ccccn1)c1cccs1. The summed E-state index contributed by atoms with van der Waals surface area (Å²) in [6.07, 6.45) is 0.481. The Hall–Kier alpha value is -2.51. The van der Waals surface area contributed by atoms with Gasteiger partial charge in [-0.1, -0.05) is 18.2 Å². The maximum atomic E-state index is 12.5. The molecule has 0 aliphatic carbocycles. The van der Waals surface area contributed by atoms with E-state index in [1.807, 2.05) is 17.5 Å². The zero-order valence-electron chi connectivity index (χ0n) is 12.5. The number of rotatable bonds is 6. The quantitative estimate of drug-likeness (QED) is 0.686. The van der Waals surface area contributed by atoms with Crippen LogP contribution in [0.15, 0.2) is 59.4 Å². The van der Waals surface area contributed by atoms with Gasteiger partial charge in [-0.15, -0.1) is 22.7 Å². The summed E-state index contributed by atoms with van der Waals surface area (Å²) >= 11 is 2.81. The number of hydrogen-bond acceptors (Lipinski definition) is 6. The molecule has 1 amide bonds. The van der Waals surface area contributed by atoms with Crippen molar-refractivity contribution < 1.29 is 14.3 Å². The molecule has 0 radical (unpaired) electrons. The highest BCUT2D eigenvalue weighted by molar-refractivity contribution is 7.12. The van der Waals surface area contributed by atoms with Gasteiger partial charge in [-0.25, -0.2) is 4.79 Å². The second-order valence-corrected chi connectivity index (χ2v) is 6.79. The van der Waals surface area contributed by atoms with Crippen molar-refractivity contribution in [3.8, 4) is 0 Å². The molecular weight excluding hydrogens is 344 g/mol. The smallest absolute Gasteiger partial charge is 0.349 e. The van der Waals surface area contributed by atoms with E-state index in [2.05, 4.69) is 10.3 Å². The molecule has 3 heterocycles. The molecule has 3 aromatic heterocycles. The molecule has 5 nitrogen and oxygen atoms in total. The molecule has 0 bridgehead atoms. The van der Waals surface area contributed by atoms with Crippen LogP contribution in [0.1, 0.15) is 26.3 Å². The Bertz CT molecular complexity index is 787. The van der Waals surface area contributed by atoms with Gasteiger partial charge >= 0.3 is 5.97 Å². The molecule has 0 aliphatic rings. The normalized spacial score (nSPS) is 11.7. The first kappa shape index (κ1) is 16.4. The van der Waals surface area contributed by atoms with Gasteiger partial charge < -0.3 is 10.1 Å². The lowest BCUT2D eigenvalue weighted by atomic mass is 10.2. The molecule has 122 valence electrons. The average Bonchev–Trinajstić information content (AvgIpc) is 3.31. The molecule has 0 aliphatic heterocycles. The fourth-order valence-electron chi connectivity index (χ4n) is 2.02. The third kappa shape index (κ3) is 4.06. The van der Waals surface area contributed by atoms with Gasteiger partial charge in [0.2, 0.25) is 6.10 Å². The number of nitrogens with one attached hydrogen (secondary N) is 1. The summed E-state index contributed by atoms with van der Waals surface area (Å²) in [5.41, 5.74) is 0.395. The topological polar surface area (TPSA) is 68.3 Å². The maximum absolute atomic E-state index is 12.5. The second-order valence-electron chi connectivity index (χ2n) is 4.81. The minimum atomic E-state index is -1.08. The summed E-state index contributed by atoms with van der Waals surface area (Å²) in [6.45, 7) is 0.385. The third-order valence-corrected chi connectivity index (χ3v) is 4.89. The number of thiophene rings is 2. The first-order valence-electron chi connectivity index (χ1n) is 7.19. The minimum Gasteiger partial charge on any atom is -0.441 e. The van der Waals surface area contributed by atoms with Crippen molar-refractivity contribution in [2.75, 3.05) is 0 Å². The summed E-state index contributed by atoms with van der Waals surface area (Å²) in [5, 5.41) is 6.51. The summed E-state index contributed by atoms with van der Waals surface area (Å²) in [4.78, 5) is 30.3. The molecule has 3 aromatic rings. The van der Waals surface area contributed by atoms with E-state index in [1.54, 1.807) is 53.2 Å². The number of carbonyl (C=O) groups excluding carboxylic acids is 2. The number of aromatic nitrogens is 1. The lowest BCUT2D eigenvalue weighted by Crippen LogP contribution is -2.32. The van der Waals surface area contributed by atoms with E-state index in [4.69, 9.17) is 4.74 Å². The Morgan fingerprint density at radius 3 is 2.58 bits per heavy atom. The van der Waals surface area contributed by atoms with Gasteiger partial charge in [0.15, 0.2) is 0 Å². The van der Waals surface area contributed by atoms with E-state index in [1.165, 1.54) is 11.3 Å². The van der Waals surface area contributed by atoms with E-state index in [0.717, 1.165) is 4.88 Å². The monoisotopic (exact) mass is 358 g/mol. The van der Waals surface area contributed by atoms with Gasteiger partial charge in [-0.2, -0.15) is 0 Å². The Morgan fingerprint density at radius 1 is 1.08 bits per heavy atom. The molecule has 3 rings (SSSR count). The first-order chi connectivity index (χ1) is 11.7. The Labute approximate surface area is 146 Å². The highest BCUT2D eigenvalue weighted by Gasteiger charge is 2.27. The van der Waals surface area contributed by atoms with Gasteiger partial charge in [0.1, 0.15) is 4.88 Å². The lowest BCUT2D eigenvalue weighted by Gasteiger charge is -2.16. The van der Waals surface area contributed by atoms with E-state index < -0.39 is 18.0 Å². The zero-order chi connectivity index (χ0) is 16.8. The van der Waals surface area contributed by atoms with Crippen LogP contribution in [0.25, 0.3) is 0 Å². The fourth-order valence-corrected chi connectivity index (χ4v) is 3.27. The molecule has 0 saturated carbocycles. The largest absolute Gasteiger partial charge is 0.441 e. The van der Waals surface area contributed by atoms with Crippen molar-refractivity contribution in [3.05, 3.63) is 74.9 Å². The number of nitrogens with zero attached hydrogens (tertiary/aromatic N) is 1. The van der Waals surface area contributed by atoms with Crippen molar-refractivity contribution in [2.24, 2.45) is 0 Å². The van der Waals surface area contributed by atoms with E-state index in [-0.39, 0.29) is 0 Å². The van der Waals surface area contributed by atoms with E-state index in [0.29, 0.717) is 17.1 Å².